The monoisotopic (exact) mass is 371 g/mol. The summed E-state index contributed by atoms with van der Waals surface area (Å²) in [7, 11) is 1.35. The van der Waals surface area contributed by atoms with Crippen molar-refractivity contribution in [3.05, 3.63) is 22.8 Å². The van der Waals surface area contributed by atoms with Gasteiger partial charge in [0.1, 0.15) is 16.6 Å². The summed E-state index contributed by atoms with van der Waals surface area (Å²) in [5.74, 6) is 0.319. The van der Waals surface area contributed by atoms with Crippen LogP contribution in [-0.2, 0) is 14.3 Å². The number of halogens is 1. The standard InChI is InChI=1S/C12H16ClN3O2.C5H10O2/c1-8-7-16(4-3-14-8)11-6-9(12(17)18-2)5-10(13)15-11;1-5(2,3)7-4-6/h5-6,8,14H,3-4,7H2,1-2H3;4H,1-3H3/t8-;/m0./s1. The zero-order valence-electron chi connectivity index (χ0n) is 15.3. The summed E-state index contributed by atoms with van der Waals surface area (Å²) in [6.07, 6.45) is 0. The molecule has 140 valence electrons. The van der Waals surface area contributed by atoms with Gasteiger partial charge in [-0.3, -0.25) is 4.79 Å². The van der Waals surface area contributed by atoms with Crippen molar-refractivity contribution in [1.29, 1.82) is 0 Å². The van der Waals surface area contributed by atoms with Crippen LogP contribution in [0.4, 0.5) is 5.82 Å². The molecule has 1 aromatic rings. The number of hydrogen-bond donors (Lipinski definition) is 1. The van der Waals surface area contributed by atoms with E-state index in [0.29, 0.717) is 23.2 Å². The first kappa shape index (κ1) is 21.2. The lowest BCUT2D eigenvalue weighted by Gasteiger charge is -2.32. The molecule has 1 aromatic heterocycles. The van der Waals surface area contributed by atoms with Crippen LogP contribution in [0.15, 0.2) is 12.1 Å². The Bertz CT molecular complexity index is 590. The molecule has 0 amide bonds. The van der Waals surface area contributed by atoms with E-state index < -0.39 is 5.97 Å². The van der Waals surface area contributed by atoms with E-state index in [1.165, 1.54) is 13.2 Å². The first-order valence-electron chi connectivity index (χ1n) is 8.02. The zero-order chi connectivity index (χ0) is 19.0. The maximum Gasteiger partial charge on any atom is 0.338 e. The number of anilines is 1. The molecule has 1 fully saturated rings. The molecular formula is C17H26ClN3O4. The predicted molar refractivity (Wildman–Crippen MR) is 97.2 cm³/mol. The molecule has 0 aromatic carbocycles. The number of carbonyl (C=O) groups is 2. The molecule has 0 spiro atoms. The maximum absolute atomic E-state index is 11.5. The number of hydrogen-bond acceptors (Lipinski definition) is 7. The van der Waals surface area contributed by atoms with Crippen LogP contribution in [0, 0.1) is 0 Å². The Morgan fingerprint density at radius 1 is 1.44 bits per heavy atom. The Hall–Kier alpha value is -1.86. The topological polar surface area (TPSA) is 80.8 Å². The van der Waals surface area contributed by atoms with Gasteiger partial charge in [0.25, 0.3) is 6.47 Å². The van der Waals surface area contributed by atoms with E-state index in [9.17, 15) is 9.59 Å². The van der Waals surface area contributed by atoms with E-state index in [1.807, 2.05) is 20.8 Å². The van der Waals surface area contributed by atoms with Gasteiger partial charge in [0.2, 0.25) is 0 Å². The third-order valence-electron chi connectivity index (χ3n) is 3.30. The lowest BCUT2D eigenvalue weighted by molar-refractivity contribution is -0.138. The van der Waals surface area contributed by atoms with E-state index in [1.54, 1.807) is 6.07 Å². The second-order valence-corrected chi connectivity index (χ2v) is 7.04. The van der Waals surface area contributed by atoms with Crippen molar-refractivity contribution in [2.24, 2.45) is 0 Å². The summed E-state index contributed by atoms with van der Waals surface area (Å²) in [6, 6.07) is 3.62. The highest BCUT2D eigenvalue weighted by atomic mass is 35.5. The highest BCUT2D eigenvalue weighted by Gasteiger charge is 2.19. The number of rotatable bonds is 3. The van der Waals surface area contributed by atoms with Crippen LogP contribution >= 0.6 is 11.6 Å². The SMILES string of the molecule is CC(C)(C)OC=O.COC(=O)c1cc(Cl)nc(N2CCN[C@@H](C)C2)c1. The van der Waals surface area contributed by atoms with Crippen LogP contribution in [-0.4, -0.2) is 55.8 Å². The predicted octanol–water partition coefficient (Wildman–Crippen LogP) is 2.28. The van der Waals surface area contributed by atoms with Crippen molar-refractivity contribution in [1.82, 2.24) is 10.3 Å². The summed E-state index contributed by atoms with van der Waals surface area (Å²) in [4.78, 5) is 27.5. The quantitative estimate of drug-likeness (QED) is 0.496. The van der Waals surface area contributed by atoms with Crippen LogP contribution in [0.3, 0.4) is 0 Å². The summed E-state index contributed by atoms with van der Waals surface area (Å²) in [5.41, 5.74) is 0.112. The fourth-order valence-corrected chi connectivity index (χ4v) is 2.37. The van der Waals surface area contributed by atoms with Crippen LogP contribution in [0.25, 0.3) is 0 Å². The first-order valence-corrected chi connectivity index (χ1v) is 8.39. The summed E-state index contributed by atoms with van der Waals surface area (Å²) in [6.45, 7) is 10.6. The van der Waals surface area contributed by atoms with Crippen molar-refractivity contribution in [2.45, 2.75) is 39.3 Å². The Labute approximate surface area is 153 Å². The van der Waals surface area contributed by atoms with Crippen LogP contribution in [0.5, 0.6) is 0 Å². The van der Waals surface area contributed by atoms with Crippen molar-refractivity contribution in [3.63, 3.8) is 0 Å². The third kappa shape index (κ3) is 7.70. The van der Waals surface area contributed by atoms with Gasteiger partial charge in [-0.05, 0) is 39.8 Å². The molecule has 1 aliphatic heterocycles. The molecule has 25 heavy (non-hydrogen) atoms. The second-order valence-electron chi connectivity index (χ2n) is 6.66. The van der Waals surface area contributed by atoms with Gasteiger partial charge in [-0.25, -0.2) is 9.78 Å². The smallest absolute Gasteiger partial charge is 0.338 e. The molecule has 1 atom stereocenters. The minimum atomic E-state index is -0.399. The lowest BCUT2D eigenvalue weighted by atomic mass is 10.2. The lowest BCUT2D eigenvalue weighted by Crippen LogP contribution is -2.49. The van der Waals surface area contributed by atoms with Gasteiger partial charge in [0.15, 0.2) is 0 Å². The van der Waals surface area contributed by atoms with Gasteiger partial charge in [-0.15, -0.1) is 0 Å². The molecular weight excluding hydrogens is 346 g/mol. The minimum absolute atomic E-state index is 0.305. The molecule has 0 radical (unpaired) electrons. The maximum atomic E-state index is 11.5. The highest BCUT2D eigenvalue weighted by molar-refractivity contribution is 6.29. The summed E-state index contributed by atoms with van der Waals surface area (Å²) in [5, 5.41) is 3.66. The highest BCUT2D eigenvalue weighted by Crippen LogP contribution is 2.20. The zero-order valence-corrected chi connectivity index (χ0v) is 16.1. The van der Waals surface area contributed by atoms with Crippen LogP contribution in [0.2, 0.25) is 5.15 Å². The largest absolute Gasteiger partial charge is 0.465 e. The Morgan fingerprint density at radius 3 is 2.60 bits per heavy atom. The molecule has 1 N–H and O–H groups in total. The number of piperazine rings is 1. The van der Waals surface area contributed by atoms with Gasteiger partial charge in [-0.2, -0.15) is 0 Å². The van der Waals surface area contributed by atoms with Crippen molar-refractivity contribution < 1.29 is 19.1 Å². The van der Waals surface area contributed by atoms with Gasteiger partial charge < -0.3 is 19.7 Å². The van der Waals surface area contributed by atoms with Gasteiger partial charge in [0, 0.05) is 25.7 Å². The average Bonchev–Trinajstić information content (AvgIpc) is 2.53. The molecule has 0 unspecified atom stereocenters. The fourth-order valence-electron chi connectivity index (χ4n) is 2.17. The van der Waals surface area contributed by atoms with Gasteiger partial charge in [-0.1, -0.05) is 11.6 Å². The number of aromatic nitrogens is 1. The number of pyridine rings is 1. The number of methoxy groups -OCH3 is 1. The van der Waals surface area contributed by atoms with Crippen LogP contribution < -0.4 is 10.2 Å². The van der Waals surface area contributed by atoms with Crippen molar-refractivity contribution in [2.75, 3.05) is 31.6 Å². The molecule has 1 aliphatic rings. The minimum Gasteiger partial charge on any atom is -0.465 e. The van der Waals surface area contributed by atoms with E-state index in [-0.39, 0.29) is 5.60 Å². The molecule has 0 bridgehead atoms. The third-order valence-corrected chi connectivity index (χ3v) is 3.49. The normalized spacial score (nSPS) is 17.2. The Morgan fingerprint density at radius 2 is 2.12 bits per heavy atom. The summed E-state index contributed by atoms with van der Waals surface area (Å²) >= 11 is 5.95. The van der Waals surface area contributed by atoms with Gasteiger partial charge in [0.05, 0.1) is 12.7 Å². The molecule has 0 aliphatic carbocycles. The first-order chi connectivity index (χ1) is 11.7. The fraction of sp³-hybridized carbons (Fsp3) is 0.588. The van der Waals surface area contributed by atoms with E-state index in [0.717, 1.165) is 25.5 Å². The molecule has 8 heteroatoms. The van der Waals surface area contributed by atoms with Gasteiger partial charge >= 0.3 is 5.97 Å². The molecule has 2 heterocycles. The number of ether oxygens (including phenoxy) is 2. The van der Waals surface area contributed by atoms with E-state index >= 15 is 0 Å². The number of nitrogens with zero attached hydrogens (tertiary/aromatic N) is 2. The Kier molecular flexibility index (Phi) is 8.12. The van der Waals surface area contributed by atoms with Crippen molar-refractivity contribution in [3.8, 4) is 0 Å². The van der Waals surface area contributed by atoms with E-state index in [4.69, 9.17) is 16.3 Å². The summed E-state index contributed by atoms with van der Waals surface area (Å²) < 4.78 is 9.25. The average molecular weight is 372 g/mol. The molecule has 2 rings (SSSR count). The number of esters is 1. The van der Waals surface area contributed by atoms with Crippen molar-refractivity contribution >= 4 is 29.9 Å². The number of carbonyl (C=O) groups excluding carboxylic acids is 2. The molecule has 7 nitrogen and oxygen atoms in total. The number of nitrogens with one attached hydrogen (secondary N) is 1. The van der Waals surface area contributed by atoms with E-state index in [2.05, 4.69) is 26.9 Å². The van der Waals surface area contributed by atoms with Crippen LogP contribution in [0.1, 0.15) is 38.1 Å². The molecule has 1 saturated heterocycles. The molecule has 0 saturated carbocycles. The Balaban J connectivity index is 0.000000381. The second kappa shape index (κ2) is 9.58.